The van der Waals surface area contributed by atoms with Crippen molar-refractivity contribution in [2.45, 2.75) is 12.5 Å². The molecule has 108 valence electrons. The van der Waals surface area contributed by atoms with Gasteiger partial charge in [0.05, 0.1) is 7.11 Å². The maximum absolute atomic E-state index is 12.6. The van der Waals surface area contributed by atoms with E-state index in [0.29, 0.717) is 6.54 Å². The molecule has 4 heteroatoms. The van der Waals surface area contributed by atoms with Crippen molar-refractivity contribution >= 4 is 11.6 Å². The van der Waals surface area contributed by atoms with Gasteiger partial charge in [-0.15, -0.1) is 0 Å². The standard InChI is InChI=1S/C17H18N2O2/c1-21-14-7-8-15-13(11-14)9-10-19(15)17(20)16(18)12-5-3-2-4-6-12/h2-8,11,16H,9-10,18H2,1H3/t16-/m1/s1. The van der Waals surface area contributed by atoms with Crippen LogP contribution in [0.1, 0.15) is 17.2 Å². The van der Waals surface area contributed by atoms with Crippen molar-refractivity contribution in [3.05, 3.63) is 59.7 Å². The lowest BCUT2D eigenvalue weighted by atomic mass is 10.1. The van der Waals surface area contributed by atoms with Crippen LogP contribution in [0.5, 0.6) is 5.75 Å². The summed E-state index contributed by atoms with van der Waals surface area (Å²) in [5.41, 5.74) is 9.02. The Balaban J connectivity index is 1.85. The van der Waals surface area contributed by atoms with Gasteiger partial charge in [0.25, 0.3) is 0 Å². The van der Waals surface area contributed by atoms with E-state index in [0.717, 1.165) is 29.0 Å². The highest BCUT2D eigenvalue weighted by molar-refractivity contribution is 5.99. The summed E-state index contributed by atoms with van der Waals surface area (Å²) in [4.78, 5) is 14.4. The second-order valence-electron chi connectivity index (χ2n) is 5.12. The molecular formula is C17H18N2O2. The Morgan fingerprint density at radius 2 is 2.00 bits per heavy atom. The Labute approximate surface area is 124 Å². The van der Waals surface area contributed by atoms with Gasteiger partial charge in [0.15, 0.2) is 0 Å². The maximum Gasteiger partial charge on any atom is 0.248 e. The van der Waals surface area contributed by atoms with Crippen LogP contribution in [0, 0.1) is 0 Å². The molecule has 1 aliphatic heterocycles. The van der Waals surface area contributed by atoms with Crippen LogP contribution in [0.15, 0.2) is 48.5 Å². The molecule has 0 aromatic heterocycles. The summed E-state index contributed by atoms with van der Waals surface area (Å²) in [6.07, 6.45) is 0.833. The predicted molar refractivity (Wildman–Crippen MR) is 82.4 cm³/mol. The molecule has 2 aromatic rings. The van der Waals surface area contributed by atoms with Gasteiger partial charge in [0.1, 0.15) is 11.8 Å². The molecule has 1 heterocycles. The highest BCUT2D eigenvalue weighted by Gasteiger charge is 2.29. The molecule has 3 rings (SSSR count). The highest BCUT2D eigenvalue weighted by atomic mass is 16.5. The van der Waals surface area contributed by atoms with Gasteiger partial charge in [-0.05, 0) is 35.7 Å². The first-order valence-electron chi connectivity index (χ1n) is 6.99. The zero-order chi connectivity index (χ0) is 14.8. The van der Waals surface area contributed by atoms with Crippen molar-refractivity contribution in [3.8, 4) is 5.75 Å². The average molecular weight is 282 g/mol. The average Bonchev–Trinajstić information content (AvgIpc) is 2.97. The van der Waals surface area contributed by atoms with Gasteiger partial charge in [-0.2, -0.15) is 0 Å². The number of fused-ring (bicyclic) bond motifs is 1. The quantitative estimate of drug-likeness (QED) is 0.939. The second kappa shape index (κ2) is 5.58. The number of rotatable bonds is 3. The third-order valence-corrected chi connectivity index (χ3v) is 3.87. The van der Waals surface area contributed by atoms with Crippen LogP contribution in [0.25, 0.3) is 0 Å². The number of nitrogens with zero attached hydrogens (tertiary/aromatic N) is 1. The largest absolute Gasteiger partial charge is 0.497 e. The number of methoxy groups -OCH3 is 1. The Kier molecular flexibility index (Phi) is 3.62. The number of hydrogen-bond acceptors (Lipinski definition) is 3. The van der Waals surface area contributed by atoms with Crippen molar-refractivity contribution in [2.24, 2.45) is 5.73 Å². The van der Waals surface area contributed by atoms with E-state index in [9.17, 15) is 4.79 Å². The summed E-state index contributed by atoms with van der Waals surface area (Å²) in [6.45, 7) is 0.669. The number of benzene rings is 2. The van der Waals surface area contributed by atoms with Gasteiger partial charge in [0, 0.05) is 12.2 Å². The first-order valence-corrected chi connectivity index (χ1v) is 6.99. The SMILES string of the molecule is COc1ccc2c(c1)CCN2C(=O)[C@H](N)c1ccccc1. The summed E-state index contributed by atoms with van der Waals surface area (Å²) < 4.78 is 5.22. The van der Waals surface area contributed by atoms with Gasteiger partial charge in [0.2, 0.25) is 5.91 Å². The molecule has 1 aliphatic rings. The molecule has 0 saturated carbocycles. The summed E-state index contributed by atoms with van der Waals surface area (Å²) in [7, 11) is 1.64. The summed E-state index contributed by atoms with van der Waals surface area (Å²) in [5, 5.41) is 0. The number of carbonyl (C=O) groups excluding carboxylic acids is 1. The van der Waals surface area contributed by atoms with Crippen LogP contribution in [0.4, 0.5) is 5.69 Å². The van der Waals surface area contributed by atoms with Crippen molar-refractivity contribution in [1.29, 1.82) is 0 Å². The fourth-order valence-electron chi connectivity index (χ4n) is 2.70. The molecule has 1 atom stereocenters. The Morgan fingerprint density at radius 3 is 2.71 bits per heavy atom. The summed E-state index contributed by atoms with van der Waals surface area (Å²) >= 11 is 0. The Bertz CT molecular complexity index is 655. The van der Waals surface area contributed by atoms with Crippen molar-refractivity contribution in [2.75, 3.05) is 18.6 Å². The van der Waals surface area contributed by atoms with E-state index in [1.54, 1.807) is 12.0 Å². The number of amides is 1. The van der Waals surface area contributed by atoms with Crippen LogP contribution >= 0.6 is 0 Å². The van der Waals surface area contributed by atoms with E-state index < -0.39 is 6.04 Å². The molecule has 0 spiro atoms. The highest BCUT2D eigenvalue weighted by Crippen LogP contribution is 2.32. The van der Waals surface area contributed by atoms with Gasteiger partial charge < -0.3 is 15.4 Å². The minimum atomic E-state index is -0.626. The number of hydrogen-bond donors (Lipinski definition) is 1. The van der Waals surface area contributed by atoms with E-state index in [-0.39, 0.29) is 5.91 Å². The minimum absolute atomic E-state index is 0.0647. The van der Waals surface area contributed by atoms with Gasteiger partial charge >= 0.3 is 0 Å². The lowest BCUT2D eigenvalue weighted by Gasteiger charge is -2.22. The molecule has 0 unspecified atom stereocenters. The van der Waals surface area contributed by atoms with Gasteiger partial charge in [-0.1, -0.05) is 30.3 Å². The molecule has 0 bridgehead atoms. The van der Waals surface area contributed by atoms with E-state index in [4.69, 9.17) is 10.5 Å². The normalized spacial score (nSPS) is 14.7. The summed E-state index contributed by atoms with van der Waals surface area (Å²) in [6, 6.07) is 14.6. The fraction of sp³-hybridized carbons (Fsp3) is 0.235. The molecule has 4 nitrogen and oxygen atoms in total. The minimum Gasteiger partial charge on any atom is -0.497 e. The molecule has 1 amide bonds. The van der Waals surface area contributed by atoms with Crippen molar-refractivity contribution in [3.63, 3.8) is 0 Å². The van der Waals surface area contributed by atoms with Crippen molar-refractivity contribution in [1.82, 2.24) is 0 Å². The predicted octanol–water partition coefficient (Wildman–Crippen LogP) is 2.28. The van der Waals surface area contributed by atoms with Crippen LogP contribution in [0.2, 0.25) is 0 Å². The molecule has 0 radical (unpaired) electrons. The molecular weight excluding hydrogens is 264 g/mol. The molecule has 0 fully saturated rings. The van der Waals surface area contributed by atoms with Crippen LogP contribution in [-0.2, 0) is 11.2 Å². The fourth-order valence-corrected chi connectivity index (χ4v) is 2.70. The molecule has 0 aliphatic carbocycles. The zero-order valence-corrected chi connectivity index (χ0v) is 12.0. The number of ether oxygens (including phenoxy) is 1. The van der Waals surface area contributed by atoms with Crippen LogP contribution in [0.3, 0.4) is 0 Å². The lowest BCUT2D eigenvalue weighted by molar-refractivity contribution is -0.119. The van der Waals surface area contributed by atoms with Gasteiger partial charge in [-0.25, -0.2) is 0 Å². The van der Waals surface area contributed by atoms with Crippen molar-refractivity contribution < 1.29 is 9.53 Å². The first kappa shape index (κ1) is 13.6. The summed E-state index contributed by atoms with van der Waals surface area (Å²) in [5.74, 6) is 0.750. The lowest BCUT2D eigenvalue weighted by Crippen LogP contribution is -2.37. The van der Waals surface area contributed by atoms with Crippen LogP contribution in [-0.4, -0.2) is 19.6 Å². The maximum atomic E-state index is 12.6. The van der Waals surface area contributed by atoms with E-state index in [1.807, 2.05) is 48.5 Å². The third kappa shape index (κ3) is 2.50. The number of anilines is 1. The van der Waals surface area contributed by atoms with E-state index in [2.05, 4.69) is 0 Å². The van der Waals surface area contributed by atoms with E-state index >= 15 is 0 Å². The van der Waals surface area contributed by atoms with Gasteiger partial charge in [-0.3, -0.25) is 4.79 Å². The topological polar surface area (TPSA) is 55.6 Å². The zero-order valence-electron chi connectivity index (χ0n) is 12.0. The molecule has 21 heavy (non-hydrogen) atoms. The molecule has 2 N–H and O–H groups in total. The molecule has 2 aromatic carbocycles. The first-order chi connectivity index (χ1) is 10.2. The Morgan fingerprint density at radius 1 is 1.24 bits per heavy atom. The number of carbonyl (C=O) groups is 1. The molecule has 0 saturated heterocycles. The van der Waals surface area contributed by atoms with Crippen LogP contribution < -0.4 is 15.4 Å². The smallest absolute Gasteiger partial charge is 0.248 e. The third-order valence-electron chi connectivity index (χ3n) is 3.87. The number of nitrogens with two attached hydrogens (primary N) is 1. The Hall–Kier alpha value is -2.33. The second-order valence-corrected chi connectivity index (χ2v) is 5.12. The monoisotopic (exact) mass is 282 g/mol. The van der Waals surface area contributed by atoms with E-state index in [1.165, 1.54) is 0 Å².